The lowest BCUT2D eigenvalue weighted by molar-refractivity contribution is -0.141. The van der Waals surface area contributed by atoms with Crippen LogP contribution in [0.15, 0.2) is 18.3 Å². The monoisotopic (exact) mass is 298 g/mol. The van der Waals surface area contributed by atoms with Gasteiger partial charge in [-0.3, -0.25) is 0 Å². The third-order valence-corrected chi connectivity index (χ3v) is 2.51. The molecule has 6 nitrogen and oxygen atoms in total. The fraction of sp³-hybridized carbons (Fsp3) is 0.333. The third-order valence-electron chi connectivity index (χ3n) is 2.51. The number of alkyl halides is 3. The predicted molar refractivity (Wildman–Crippen MR) is 70.7 cm³/mol. The number of nitrogens with zero attached hydrogens (tertiary/aromatic N) is 4. The number of hydrogen-bond donors (Lipinski definition) is 2. The molecular weight excluding hydrogens is 285 g/mol. The number of aromatic nitrogens is 4. The molecule has 0 aliphatic rings. The first-order valence-electron chi connectivity index (χ1n) is 6.05. The standard InChI is InChI=1S/C12H13F3N6/c1-7-5-8(12(13,14)15)20-10(19-7)6-18-11-17-4-3-9(16-2)21-11/h3-5H,6H2,1-2H3,(H2,16,17,18,21). The van der Waals surface area contributed by atoms with Crippen LogP contribution in [-0.4, -0.2) is 27.0 Å². The minimum Gasteiger partial charge on any atom is -0.373 e. The van der Waals surface area contributed by atoms with Gasteiger partial charge in [-0.15, -0.1) is 0 Å². The highest BCUT2D eigenvalue weighted by Gasteiger charge is 2.33. The summed E-state index contributed by atoms with van der Waals surface area (Å²) < 4.78 is 38.0. The molecule has 0 spiro atoms. The van der Waals surface area contributed by atoms with E-state index < -0.39 is 11.9 Å². The van der Waals surface area contributed by atoms with Crippen molar-refractivity contribution in [3.05, 3.63) is 35.5 Å². The molecule has 2 aromatic heterocycles. The van der Waals surface area contributed by atoms with Crippen molar-refractivity contribution >= 4 is 11.8 Å². The van der Waals surface area contributed by atoms with Crippen LogP contribution >= 0.6 is 0 Å². The molecule has 0 saturated carbocycles. The van der Waals surface area contributed by atoms with Gasteiger partial charge in [0.05, 0.1) is 6.54 Å². The van der Waals surface area contributed by atoms with Crippen LogP contribution in [0.3, 0.4) is 0 Å². The van der Waals surface area contributed by atoms with Crippen molar-refractivity contribution in [1.82, 2.24) is 19.9 Å². The maximum Gasteiger partial charge on any atom is 0.433 e. The zero-order valence-corrected chi connectivity index (χ0v) is 11.4. The van der Waals surface area contributed by atoms with Crippen molar-refractivity contribution in [2.45, 2.75) is 19.6 Å². The van der Waals surface area contributed by atoms with Gasteiger partial charge >= 0.3 is 6.18 Å². The lowest BCUT2D eigenvalue weighted by atomic mass is 10.3. The van der Waals surface area contributed by atoms with Gasteiger partial charge in [-0.1, -0.05) is 0 Å². The minimum absolute atomic E-state index is 0.00206. The molecule has 2 aromatic rings. The molecule has 2 rings (SSSR count). The van der Waals surface area contributed by atoms with Crippen molar-refractivity contribution in [2.24, 2.45) is 0 Å². The van der Waals surface area contributed by atoms with Gasteiger partial charge in [0.2, 0.25) is 5.95 Å². The van der Waals surface area contributed by atoms with Crippen LogP contribution in [0.4, 0.5) is 24.9 Å². The van der Waals surface area contributed by atoms with Gasteiger partial charge < -0.3 is 10.6 Å². The van der Waals surface area contributed by atoms with Crippen molar-refractivity contribution in [3.8, 4) is 0 Å². The zero-order valence-electron chi connectivity index (χ0n) is 11.4. The molecule has 0 saturated heterocycles. The van der Waals surface area contributed by atoms with Crippen LogP contribution in [0.2, 0.25) is 0 Å². The molecule has 0 aliphatic heterocycles. The summed E-state index contributed by atoms with van der Waals surface area (Å²) in [5.41, 5.74) is -0.712. The highest BCUT2D eigenvalue weighted by atomic mass is 19.4. The van der Waals surface area contributed by atoms with Crippen molar-refractivity contribution in [1.29, 1.82) is 0 Å². The van der Waals surface area contributed by atoms with E-state index in [0.717, 1.165) is 6.07 Å². The van der Waals surface area contributed by atoms with Crippen molar-refractivity contribution in [3.63, 3.8) is 0 Å². The first-order chi connectivity index (χ1) is 9.88. The fourth-order valence-electron chi connectivity index (χ4n) is 1.60. The van der Waals surface area contributed by atoms with E-state index in [4.69, 9.17) is 0 Å². The number of hydrogen-bond acceptors (Lipinski definition) is 6. The molecule has 0 fully saturated rings. The molecule has 21 heavy (non-hydrogen) atoms. The van der Waals surface area contributed by atoms with E-state index in [2.05, 4.69) is 30.6 Å². The number of anilines is 2. The quantitative estimate of drug-likeness (QED) is 0.901. The lowest BCUT2D eigenvalue weighted by Crippen LogP contribution is -2.14. The van der Waals surface area contributed by atoms with Gasteiger partial charge in [-0.05, 0) is 19.1 Å². The van der Waals surface area contributed by atoms with Crippen LogP contribution in [0.1, 0.15) is 17.2 Å². The topological polar surface area (TPSA) is 75.6 Å². The molecule has 0 aliphatic carbocycles. The molecule has 2 N–H and O–H groups in total. The van der Waals surface area contributed by atoms with Gasteiger partial charge in [0.25, 0.3) is 0 Å². The van der Waals surface area contributed by atoms with Crippen LogP contribution in [0.5, 0.6) is 0 Å². The minimum atomic E-state index is -4.50. The summed E-state index contributed by atoms with van der Waals surface area (Å²) in [5.74, 6) is 0.898. The first-order valence-corrected chi connectivity index (χ1v) is 6.05. The van der Waals surface area contributed by atoms with E-state index >= 15 is 0 Å². The highest BCUT2D eigenvalue weighted by molar-refractivity contribution is 5.38. The predicted octanol–water partition coefficient (Wildman–Crippen LogP) is 2.25. The average molecular weight is 298 g/mol. The summed E-state index contributed by atoms with van der Waals surface area (Å²) in [6.45, 7) is 1.48. The Labute approximate surface area is 118 Å². The van der Waals surface area contributed by atoms with Gasteiger partial charge in [-0.2, -0.15) is 18.2 Å². The summed E-state index contributed by atoms with van der Waals surface area (Å²) in [4.78, 5) is 15.5. The molecule has 0 amide bonds. The second-order valence-electron chi connectivity index (χ2n) is 4.18. The Balaban J connectivity index is 2.14. The number of aryl methyl sites for hydroxylation is 1. The van der Waals surface area contributed by atoms with Crippen molar-refractivity contribution in [2.75, 3.05) is 17.7 Å². The molecule has 0 radical (unpaired) electrons. The van der Waals surface area contributed by atoms with E-state index in [9.17, 15) is 13.2 Å². The molecule has 9 heteroatoms. The normalized spacial score (nSPS) is 11.3. The Kier molecular flexibility index (Phi) is 4.20. The van der Waals surface area contributed by atoms with E-state index in [0.29, 0.717) is 5.82 Å². The number of nitrogens with one attached hydrogen (secondary N) is 2. The Hall–Kier alpha value is -2.45. The summed E-state index contributed by atoms with van der Waals surface area (Å²) in [6.07, 6.45) is -2.97. The van der Waals surface area contributed by atoms with E-state index in [1.807, 2.05) is 0 Å². The Morgan fingerprint density at radius 3 is 2.62 bits per heavy atom. The molecule has 0 unspecified atom stereocenters. The molecule has 0 aromatic carbocycles. The lowest BCUT2D eigenvalue weighted by Gasteiger charge is -2.09. The van der Waals surface area contributed by atoms with E-state index in [-0.39, 0.29) is 24.0 Å². The van der Waals surface area contributed by atoms with E-state index in [1.165, 1.54) is 13.1 Å². The maximum absolute atomic E-state index is 12.7. The molecule has 0 atom stereocenters. The maximum atomic E-state index is 12.7. The Morgan fingerprint density at radius 2 is 1.95 bits per heavy atom. The summed E-state index contributed by atoms with van der Waals surface area (Å²) in [5, 5.41) is 5.62. The summed E-state index contributed by atoms with van der Waals surface area (Å²) in [6, 6.07) is 2.57. The molecular formula is C12H13F3N6. The number of rotatable bonds is 4. The number of halogens is 3. The second-order valence-corrected chi connectivity index (χ2v) is 4.18. The van der Waals surface area contributed by atoms with Crippen LogP contribution in [0, 0.1) is 6.92 Å². The summed E-state index contributed by atoms with van der Waals surface area (Å²) in [7, 11) is 1.70. The average Bonchev–Trinajstić information content (AvgIpc) is 2.44. The molecule has 0 bridgehead atoms. The molecule has 2 heterocycles. The van der Waals surface area contributed by atoms with Gasteiger partial charge in [-0.25, -0.2) is 15.0 Å². The van der Waals surface area contributed by atoms with Gasteiger partial charge in [0.15, 0.2) is 0 Å². The van der Waals surface area contributed by atoms with Crippen molar-refractivity contribution < 1.29 is 13.2 Å². The zero-order chi connectivity index (χ0) is 15.5. The van der Waals surface area contributed by atoms with Crippen LogP contribution < -0.4 is 10.6 Å². The SMILES string of the molecule is CNc1ccnc(NCc2nc(C)cc(C(F)(F)F)n2)n1. The Morgan fingerprint density at radius 1 is 1.19 bits per heavy atom. The van der Waals surface area contributed by atoms with E-state index in [1.54, 1.807) is 13.1 Å². The fourth-order valence-corrected chi connectivity index (χ4v) is 1.60. The van der Waals surface area contributed by atoms with Gasteiger partial charge in [0.1, 0.15) is 17.3 Å². The Bertz CT molecular complexity index is 629. The summed E-state index contributed by atoms with van der Waals surface area (Å²) >= 11 is 0. The largest absolute Gasteiger partial charge is 0.433 e. The van der Waals surface area contributed by atoms with Gasteiger partial charge in [0, 0.05) is 18.9 Å². The molecule has 112 valence electrons. The smallest absolute Gasteiger partial charge is 0.373 e. The highest BCUT2D eigenvalue weighted by Crippen LogP contribution is 2.27. The first kappa shape index (κ1) is 14.9. The second kappa shape index (κ2) is 5.90. The third kappa shape index (κ3) is 4.01. The van der Waals surface area contributed by atoms with Crippen LogP contribution in [0.25, 0.3) is 0 Å². The van der Waals surface area contributed by atoms with Crippen LogP contribution in [-0.2, 0) is 12.7 Å².